The number of aromatic nitrogens is 4. The lowest BCUT2D eigenvalue weighted by Gasteiger charge is -2.10. The van der Waals surface area contributed by atoms with E-state index in [1.165, 1.54) is 10.8 Å². The highest BCUT2D eigenvalue weighted by Crippen LogP contribution is 2.36. The summed E-state index contributed by atoms with van der Waals surface area (Å²) in [6, 6.07) is 35.1. The van der Waals surface area contributed by atoms with Crippen molar-refractivity contribution in [3.05, 3.63) is 122 Å². The molecule has 6 heteroatoms. The summed E-state index contributed by atoms with van der Waals surface area (Å²) < 4.78 is 14.0. The van der Waals surface area contributed by atoms with Crippen molar-refractivity contribution in [3.63, 3.8) is 0 Å². The molecule has 0 atom stereocenters. The average molecular weight is 505 g/mol. The van der Waals surface area contributed by atoms with Crippen LogP contribution < -0.4 is 0 Å². The van der Waals surface area contributed by atoms with Gasteiger partial charge in [-0.3, -0.25) is 4.98 Å². The quantitative estimate of drug-likeness (QED) is 0.241. The zero-order chi connectivity index (χ0) is 25.8. The molecule has 0 bridgehead atoms. The Morgan fingerprint density at radius 2 is 1.46 bits per heavy atom. The van der Waals surface area contributed by atoms with Gasteiger partial charge < -0.3 is 13.4 Å². The molecule has 0 spiro atoms. The normalized spacial score (nSPS) is 11.6. The predicted octanol–water partition coefficient (Wildman–Crippen LogP) is 8.31. The maximum atomic E-state index is 6.24. The molecule has 0 saturated heterocycles. The van der Waals surface area contributed by atoms with E-state index in [9.17, 15) is 0 Å². The fraction of sp³-hybridized carbons (Fsp3) is 0. The zero-order valence-electron chi connectivity index (χ0n) is 20.7. The Bertz CT molecular complexity index is 2120. The third kappa shape index (κ3) is 3.54. The second kappa shape index (κ2) is 8.53. The molecule has 6 nitrogen and oxygen atoms in total. The van der Waals surface area contributed by atoms with Gasteiger partial charge in [0.05, 0.1) is 22.9 Å². The minimum Gasteiger partial charge on any atom is -0.445 e. The van der Waals surface area contributed by atoms with Crippen LogP contribution in [0.25, 0.3) is 72.8 Å². The van der Waals surface area contributed by atoms with Gasteiger partial charge in [0.2, 0.25) is 11.8 Å². The van der Waals surface area contributed by atoms with Crippen molar-refractivity contribution in [1.29, 1.82) is 0 Å². The number of fused-ring (bicyclic) bond motifs is 4. The van der Waals surface area contributed by atoms with Gasteiger partial charge in [0, 0.05) is 39.3 Å². The Hall–Kier alpha value is -5.49. The lowest BCUT2D eigenvalue weighted by molar-refractivity contribution is 0.574. The molecule has 8 rings (SSSR count). The smallest absolute Gasteiger partial charge is 0.227 e. The topological polar surface area (TPSA) is 69.9 Å². The van der Waals surface area contributed by atoms with Crippen LogP contribution in [-0.4, -0.2) is 19.5 Å². The van der Waals surface area contributed by atoms with Crippen LogP contribution in [-0.2, 0) is 0 Å². The fourth-order valence-electron chi connectivity index (χ4n) is 5.27. The van der Waals surface area contributed by atoms with Crippen LogP contribution in [0.15, 0.2) is 131 Å². The molecule has 0 fully saturated rings. The zero-order valence-corrected chi connectivity index (χ0v) is 20.7. The first-order valence-electron chi connectivity index (χ1n) is 12.7. The Morgan fingerprint density at radius 1 is 0.590 bits per heavy atom. The highest BCUT2D eigenvalue weighted by atomic mass is 16.4. The van der Waals surface area contributed by atoms with Crippen LogP contribution in [0.1, 0.15) is 0 Å². The molecule has 0 radical (unpaired) electrons. The molecular formula is C33H20N4O2. The molecule has 4 aromatic heterocycles. The minimum atomic E-state index is 0.550. The van der Waals surface area contributed by atoms with Gasteiger partial charge in [-0.25, -0.2) is 9.97 Å². The van der Waals surface area contributed by atoms with Crippen LogP contribution >= 0.6 is 0 Å². The summed E-state index contributed by atoms with van der Waals surface area (Å²) in [4.78, 5) is 13.6. The van der Waals surface area contributed by atoms with E-state index in [0.717, 1.165) is 44.6 Å². The largest absolute Gasteiger partial charge is 0.445 e. The standard InChI is InChI=1S/C33H20N4O2/c1-2-10-29-25(8-1)26-13-11-22(33-36-28-14-12-23(20-31(28)39-33)32-35-16-17-38-32)19-30(26)37(29)24-7-5-6-21(18-24)27-9-3-4-15-34-27/h1-20H. The van der Waals surface area contributed by atoms with E-state index in [1.54, 1.807) is 12.5 Å². The third-order valence-corrected chi connectivity index (χ3v) is 7.05. The highest BCUT2D eigenvalue weighted by Gasteiger charge is 2.16. The molecule has 0 saturated carbocycles. The summed E-state index contributed by atoms with van der Waals surface area (Å²) in [5.41, 5.74) is 8.50. The SMILES string of the molecule is c1ccc(-c2cccc(-n3c4ccccc4c4ccc(-c5nc6ccc(-c7ncco7)cc6o5)cc43)c2)nc1. The molecule has 0 amide bonds. The Morgan fingerprint density at radius 3 is 2.36 bits per heavy atom. The second-order valence-corrected chi connectivity index (χ2v) is 9.39. The summed E-state index contributed by atoms with van der Waals surface area (Å²) in [5.74, 6) is 1.12. The van der Waals surface area contributed by atoms with Gasteiger partial charge in [-0.2, -0.15) is 0 Å². The van der Waals surface area contributed by atoms with E-state index < -0.39 is 0 Å². The molecule has 0 aliphatic heterocycles. The van der Waals surface area contributed by atoms with E-state index in [-0.39, 0.29) is 0 Å². The number of para-hydroxylation sites is 1. The van der Waals surface area contributed by atoms with Crippen molar-refractivity contribution >= 4 is 32.9 Å². The predicted molar refractivity (Wildman–Crippen MR) is 153 cm³/mol. The lowest BCUT2D eigenvalue weighted by atomic mass is 10.1. The molecule has 4 heterocycles. The van der Waals surface area contributed by atoms with E-state index in [0.29, 0.717) is 17.4 Å². The maximum absolute atomic E-state index is 6.24. The highest BCUT2D eigenvalue weighted by molar-refractivity contribution is 6.10. The van der Waals surface area contributed by atoms with Gasteiger partial charge in [-0.05, 0) is 60.7 Å². The number of oxazole rings is 2. The molecule has 4 aromatic carbocycles. The monoisotopic (exact) mass is 504 g/mol. The van der Waals surface area contributed by atoms with E-state index in [2.05, 4.69) is 81.3 Å². The molecule has 184 valence electrons. The van der Waals surface area contributed by atoms with Crippen LogP contribution in [0.3, 0.4) is 0 Å². The first-order chi connectivity index (χ1) is 19.3. The van der Waals surface area contributed by atoms with Gasteiger partial charge in [0.1, 0.15) is 11.8 Å². The first-order valence-corrected chi connectivity index (χ1v) is 12.7. The Labute approximate surface area is 222 Å². The molecule has 0 aliphatic carbocycles. The number of hydrogen-bond donors (Lipinski definition) is 0. The maximum Gasteiger partial charge on any atom is 0.227 e. The van der Waals surface area contributed by atoms with Crippen LogP contribution in [0.2, 0.25) is 0 Å². The third-order valence-electron chi connectivity index (χ3n) is 7.05. The molecule has 0 N–H and O–H groups in total. The number of nitrogens with zero attached hydrogens (tertiary/aromatic N) is 4. The summed E-state index contributed by atoms with van der Waals surface area (Å²) >= 11 is 0. The summed E-state index contributed by atoms with van der Waals surface area (Å²) in [5, 5.41) is 2.36. The van der Waals surface area contributed by atoms with Crippen molar-refractivity contribution in [3.8, 4) is 39.9 Å². The van der Waals surface area contributed by atoms with Crippen molar-refractivity contribution in [2.75, 3.05) is 0 Å². The number of benzene rings is 4. The summed E-state index contributed by atoms with van der Waals surface area (Å²) in [6.07, 6.45) is 5.01. The molecule has 39 heavy (non-hydrogen) atoms. The van der Waals surface area contributed by atoms with E-state index >= 15 is 0 Å². The van der Waals surface area contributed by atoms with E-state index in [4.69, 9.17) is 13.8 Å². The van der Waals surface area contributed by atoms with Crippen molar-refractivity contribution in [1.82, 2.24) is 19.5 Å². The van der Waals surface area contributed by atoms with Crippen LogP contribution in [0.5, 0.6) is 0 Å². The molecule has 8 aromatic rings. The fourth-order valence-corrected chi connectivity index (χ4v) is 5.27. The van der Waals surface area contributed by atoms with Gasteiger partial charge in [-0.1, -0.05) is 42.5 Å². The van der Waals surface area contributed by atoms with Crippen molar-refractivity contribution in [2.45, 2.75) is 0 Å². The number of pyridine rings is 1. The molecular weight excluding hydrogens is 484 g/mol. The second-order valence-electron chi connectivity index (χ2n) is 9.39. The van der Waals surface area contributed by atoms with Gasteiger partial charge in [0.25, 0.3) is 0 Å². The lowest BCUT2D eigenvalue weighted by Crippen LogP contribution is -1.95. The van der Waals surface area contributed by atoms with Gasteiger partial charge in [0.15, 0.2) is 5.58 Å². The van der Waals surface area contributed by atoms with Gasteiger partial charge >= 0.3 is 0 Å². The van der Waals surface area contributed by atoms with E-state index in [1.807, 2.05) is 42.6 Å². The Kier molecular flexibility index (Phi) is 4.72. The van der Waals surface area contributed by atoms with Crippen LogP contribution in [0, 0.1) is 0 Å². The summed E-state index contributed by atoms with van der Waals surface area (Å²) in [7, 11) is 0. The Balaban J connectivity index is 1.31. The number of rotatable bonds is 4. The first kappa shape index (κ1) is 21.6. The van der Waals surface area contributed by atoms with Crippen molar-refractivity contribution < 1.29 is 8.83 Å². The summed E-state index contributed by atoms with van der Waals surface area (Å²) in [6.45, 7) is 0. The molecule has 0 aliphatic rings. The van der Waals surface area contributed by atoms with Crippen molar-refractivity contribution in [2.24, 2.45) is 0 Å². The number of hydrogen-bond acceptors (Lipinski definition) is 5. The van der Waals surface area contributed by atoms with Gasteiger partial charge in [-0.15, -0.1) is 0 Å². The minimum absolute atomic E-state index is 0.550. The van der Waals surface area contributed by atoms with Crippen LogP contribution in [0.4, 0.5) is 0 Å². The molecule has 0 unspecified atom stereocenters. The average Bonchev–Trinajstić information content (AvgIpc) is 3.75.